The number of carbonyl (C=O) groups excluding carboxylic acids is 1. The quantitative estimate of drug-likeness (QED) is 0.634. The monoisotopic (exact) mass is 360 g/mol. The number of aliphatic hydroxyl groups is 1. The van der Waals surface area contributed by atoms with Crippen molar-refractivity contribution in [2.24, 2.45) is 0 Å². The fourth-order valence-corrected chi connectivity index (χ4v) is 4.83. The minimum Gasteiger partial charge on any atom is -0.456 e. The first-order valence-electron chi connectivity index (χ1n) is 9.98. The summed E-state index contributed by atoms with van der Waals surface area (Å²) in [5.41, 5.74) is 3.40. The molecule has 1 aromatic carbocycles. The molecule has 1 heterocycles. The van der Waals surface area contributed by atoms with Gasteiger partial charge in [-0.3, -0.25) is 4.79 Å². The van der Waals surface area contributed by atoms with E-state index in [0.29, 0.717) is 12.8 Å². The number of esters is 1. The van der Waals surface area contributed by atoms with E-state index in [1.54, 1.807) is 0 Å². The lowest BCUT2D eigenvalue weighted by molar-refractivity contribution is -0.161. The molecule has 1 saturated heterocycles. The lowest BCUT2D eigenvalue weighted by Gasteiger charge is -2.39. The Balaban J connectivity index is 1.83. The topological polar surface area (TPSA) is 55.8 Å². The highest BCUT2D eigenvalue weighted by atomic mass is 16.6. The number of benzene rings is 1. The molecule has 2 aliphatic rings. The summed E-state index contributed by atoms with van der Waals surface area (Å²) in [7, 11) is 0. The molecule has 0 amide bonds. The summed E-state index contributed by atoms with van der Waals surface area (Å²) in [4.78, 5) is 12.8. The summed E-state index contributed by atoms with van der Waals surface area (Å²) in [5.74, 6) is -0.883. The molecule has 1 aliphatic carbocycles. The highest BCUT2D eigenvalue weighted by Gasteiger charge is 2.57. The summed E-state index contributed by atoms with van der Waals surface area (Å²) in [6.45, 7) is 8.95. The molecule has 1 spiro atoms. The van der Waals surface area contributed by atoms with Crippen LogP contribution in [0.15, 0.2) is 12.1 Å². The van der Waals surface area contributed by atoms with Crippen LogP contribution >= 0.6 is 0 Å². The maximum atomic E-state index is 12.8. The molecule has 3 rings (SSSR count). The van der Waals surface area contributed by atoms with Gasteiger partial charge in [0.15, 0.2) is 0 Å². The third kappa shape index (κ3) is 3.54. The van der Waals surface area contributed by atoms with Crippen molar-refractivity contribution in [2.45, 2.75) is 89.9 Å². The first-order valence-corrected chi connectivity index (χ1v) is 9.98. The first-order chi connectivity index (χ1) is 12.4. The van der Waals surface area contributed by atoms with Crippen LogP contribution in [-0.4, -0.2) is 35.5 Å². The second-order valence-corrected chi connectivity index (χ2v) is 8.16. The van der Waals surface area contributed by atoms with Gasteiger partial charge in [-0.15, -0.1) is 0 Å². The zero-order valence-electron chi connectivity index (χ0n) is 16.5. The lowest BCUT2D eigenvalue weighted by atomic mass is 9.74. The van der Waals surface area contributed by atoms with Gasteiger partial charge in [0, 0.05) is 13.0 Å². The number of rotatable bonds is 5. The second-order valence-electron chi connectivity index (χ2n) is 8.16. The highest BCUT2D eigenvalue weighted by molar-refractivity contribution is 5.83. The van der Waals surface area contributed by atoms with Gasteiger partial charge in [0.1, 0.15) is 17.6 Å². The van der Waals surface area contributed by atoms with Gasteiger partial charge in [-0.05, 0) is 63.1 Å². The smallest absolute Gasteiger partial charge is 0.316 e. The van der Waals surface area contributed by atoms with Crippen LogP contribution in [-0.2, 0) is 14.3 Å². The number of hydrogen-bond donors (Lipinski definition) is 1. The van der Waals surface area contributed by atoms with Gasteiger partial charge < -0.3 is 14.6 Å². The molecule has 1 aromatic rings. The molecule has 0 bridgehead atoms. The summed E-state index contributed by atoms with van der Waals surface area (Å²) >= 11 is 0. The molecular formula is C22H32O4. The van der Waals surface area contributed by atoms with E-state index in [0.717, 1.165) is 49.0 Å². The maximum Gasteiger partial charge on any atom is 0.316 e. The molecule has 0 radical (unpaired) electrons. The summed E-state index contributed by atoms with van der Waals surface area (Å²) in [6, 6.07) is 4.15. The molecule has 4 nitrogen and oxygen atoms in total. The van der Waals surface area contributed by atoms with E-state index in [2.05, 4.69) is 19.1 Å². The standard InChI is InChI=1S/C22H32O4/c1-5-6-10-25-17-8-7-9-22(13-17)20(23)19(21(24)26-22)18-15(3)11-14(2)12-16(18)4/h11-12,17,19-20,23H,5-10,13H2,1-4H3. The van der Waals surface area contributed by atoms with Crippen LogP contribution in [0.1, 0.15) is 73.6 Å². The Morgan fingerprint density at radius 3 is 2.62 bits per heavy atom. The summed E-state index contributed by atoms with van der Waals surface area (Å²) in [6.07, 6.45) is 4.60. The fourth-order valence-electron chi connectivity index (χ4n) is 4.83. The second kappa shape index (κ2) is 7.69. The third-order valence-electron chi connectivity index (χ3n) is 6.01. The first kappa shape index (κ1) is 19.4. The Labute approximate surface area is 156 Å². The van der Waals surface area contributed by atoms with Gasteiger partial charge in [-0.25, -0.2) is 0 Å². The Bertz CT molecular complexity index is 645. The van der Waals surface area contributed by atoms with E-state index in [9.17, 15) is 9.90 Å². The summed E-state index contributed by atoms with van der Waals surface area (Å²) < 4.78 is 11.9. The number of carbonyl (C=O) groups is 1. The van der Waals surface area contributed by atoms with Crippen LogP contribution < -0.4 is 0 Å². The van der Waals surface area contributed by atoms with Crippen LogP contribution in [0.4, 0.5) is 0 Å². The molecule has 2 fully saturated rings. The molecule has 4 atom stereocenters. The van der Waals surface area contributed by atoms with Crippen LogP contribution in [0.3, 0.4) is 0 Å². The van der Waals surface area contributed by atoms with Gasteiger partial charge in [-0.2, -0.15) is 0 Å². The van der Waals surface area contributed by atoms with Crippen molar-refractivity contribution < 1.29 is 19.4 Å². The molecule has 144 valence electrons. The predicted molar refractivity (Wildman–Crippen MR) is 101 cm³/mol. The Kier molecular flexibility index (Phi) is 5.73. The molecule has 4 unspecified atom stereocenters. The summed E-state index contributed by atoms with van der Waals surface area (Å²) in [5, 5.41) is 11.2. The van der Waals surface area contributed by atoms with Crippen LogP contribution in [0.2, 0.25) is 0 Å². The fraction of sp³-hybridized carbons (Fsp3) is 0.682. The van der Waals surface area contributed by atoms with Gasteiger partial charge in [0.25, 0.3) is 0 Å². The number of unbranched alkanes of at least 4 members (excludes halogenated alkanes) is 1. The Hall–Kier alpha value is -1.39. The van der Waals surface area contributed by atoms with Crippen molar-refractivity contribution in [3.05, 3.63) is 34.4 Å². The van der Waals surface area contributed by atoms with E-state index in [4.69, 9.17) is 9.47 Å². The average Bonchev–Trinajstić information content (AvgIpc) is 2.79. The largest absolute Gasteiger partial charge is 0.456 e. The predicted octanol–water partition coefficient (Wildman–Crippen LogP) is 4.11. The van der Waals surface area contributed by atoms with Gasteiger partial charge in [0.2, 0.25) is 0 Å². The SMILES string of the molecule is CCCCOC1CCCC2(C1)OC(=O)C(c1c(C)cc(C)cc1C)C2O. The van der Waals surface area contributed by atoms with Gasteiger partial charge in [0.05, 0.1) is 6.10 Å². The lowest BCUT2D eigenvalue weighted by Crippen LogP contribution is -2.47. The molecular weight excluding hydrogens is 328 g/mol. The van der Waals surface area contributed by atoms with E-state index in [-0.39, 0.29) is 12.1 Å². The minimum absolute atomic E-state index is 0.0664. The molecule has 1 aliphatic heterocycles. The molecule has 1 N–H and O–H groups in total. The zero-order valence-corrected chi connectivity index (χ0v) is 16.5. The molecule has 4 heteroatoms. The van der Waals surface area contributed by atoms with Gasteiger partial charge in [-0.1, -0.05) is 31.0 Å². The van der Waals surface area contributed by atoms with Crippen molar-refractivity contribution in [1.29, 1.82) is 0 Å². The highest BCUT2D eigenvalue weighted by Crippen LogP contribution is 2.48. The number of hydrogen-bond acceptors (Lipinski definition) is 4. The van der Waals surface area contributed by atoms with Crippen molar-refractivity contribution in [1.82, 2.24) is 0 Å². The minimum atomic E-state index is -0.812. The Morgan fingerprint density at radius 2 is 1.96 bits per heavy atom. The van der Waals surface area contributed by atoms with Crippen molar-refractivity contribution in [2.75, 3.05) is 6.61 Å². The van der Waals surface area contributed by atoms with Crippen LogP contribution in [0.25, 0.3) is 0 Å². The van der Waals surface area contributed by atoms with Crippen LogP contribution in [0.5, 0.6) is 0 Å². The number of ether oxygens (including phenoxy) is 2. The maximum absolute atomic E-state index is 12.8. The zero-order chi connectivity index (χ0) is 18.9. The van der Waals surface area contributed by atoms with E-state index < -0.39 is 17.6 Å². The van der Waals surface area contributed by atoms with E-state index in [1.165, 1.54) is 5.56 Å². The number of aryl methyl sites for hydroxylation is 3. The Morgan fingerprint density at radius 1 is 1.27 bits per heavy atom. The molecule has 0 aromatic heterocycles. The molecule has 26 heavy (non-hydrogen) atoms. The van der Waals surface area contributed by atoms with Crippen LogP contribution in [0, 0.1) is 20.8 Å². The van der Waals surface area contributed by atoms with E-state index >= 15 is 0 Å². The normalized spacial score (nSPS) is 31.4. The number of aliphatic hydroxyl groups excluding tert-OH is 1. The van der Waals surface area contributed by atoms with Crippen molar-refractivity contribution in [3.63, 3.8) is 0 Å². The third-order valence-corrected chi connectivity index (χ3v) is 6.01. The van der Waals surface area contributed by atoms with Gasteiger partial charge >= 0.3 is 5.97 Å². The van der Waals surface area contributed by atoms with Crippen molar-refractivity contribution >= 4 is 5.97 Å². The van der Waals surface area contributed by atoms with Crippen molar-refractivity contribution in [3.8, 4) is 0 Å². The molecule has 1 saturated carbocycles. The van der Waals surface area contributed by atoms with E-state index in [1.807, 2.05) is 20.8 Å². The average molecular weight is 360 g/mol.